The summed E-state index contributed by atoms with van der Waals surface area (Å²) in [7, 11) is 1.61. The minimum absolute atomic E-state index is 0.0226. The summed E-state index contributed by atoms with van der Waals surface area (Å²) in [5, 5.41) is 5.15. The number of nitrogens with zero attached hydrogens (tertiary/aromatic N) is 2. The third-order valence-electron chi connectivity index (χ3n) is 7.85. The molecule has 0 saturated carbocycles. The normalized spacial score (nSPS) is 20.9. The second-order valence-corrected chi connectivity index (χ2v) is 12.1. The van der Waals surface area contributed by atoms with Crippen LogP contribution in [0.15, 0.2) is 0 Å². The standard InChI is InChI=1S/C29H47N5O7/c1-16(2)14-22(26(38)17(3)4)33(6)29(41)21-8-7-13-34(21)28(40)18(5)15-23(35)19(9-11-24(30)36)32-27(39)20-10-12-25(37)31-20/h16-22H,7-15H2,1-6H3,(H2,30,36)(H,31,37)(H,32,39)/t18-,19+,20?,21+,22-/m1/s1. The van der Waals surface area contributed by atoms with Crippen molar-refractivity contribution in [2.45, 2.75) is 110 Å². The topological polar surface area (TPSA) is 176 Å². The zero-order valence-electron chi connectivity index (χ0n) is 25.2. The number of amides is 5. The average Bonchev–Trinajstić information content (AvgIpc) is 3.56. The molecule has 2 saturated heterocycles. The van der Waals surface area contributed by atoms with Crippen LogP contribution in [0.5, 0.6) is 0 Å². The van der Waals surface area contributed by atoms with Gasteiger partial charge in [0.05, 0.1) is 12.1 Å². The third-order valence-corrected chi connectivity index (χ3v) is 7.85. The number of primary amides is 1. The van der Waals surface area contributed by atoms with E-state index >= 15 is 0 Å². The predicted molar refractivity (Wildman–Crippen MR) is 151 cm³/mol. The van der Waals surface area contributed by atoms with Crippen molar-refractivity contribution in [3.63, 3.8) is 0 Å². The molecule has 0 aliphatic carbocycles. The fourth-order valence-electron chi connectivity index (χ4n) is 5.47. The summed E-state index contributed by atoms with van der Waals surface area (Å²) in [6, 6.07) is -3.13. The summed E-state index contributed by atoms with van der Waals surface area (Å²) in [5.74, 6) is -3.37. The molecule has 41 heavy (non-hydrogen) atoms. The molecule has 1 unspecified atom stereocenters. The molecule has 2 aliphatic rings. The molecule has 0 aromatic rings. The van der Waals surface area contributed by atoms with E-state index in [-0.39, 0.29) is 61.0 Å². The highest BCUT2D eigenvalue weighted by atomic mass is 16.2. The largest absolute Gasteiger partial charge is 0.370 e. The van der Waals surface area contributed by atoms with Gasteiger partial charge in [-0.2, -0.15) is 0 Å². The Hall–Kier alpha value is -3.31. The average molecular weight is 578 g/mol. The van der Waals surface area contributed by atoms with Gasteiger partial charge in [0.2, 0.25) is 29.5 Å². The highest BCUT2D eigenvalue weighted by Gasteiger charge is 2.41. The van der Waals surface area contributed by atoms with E-state index < -0.39 is 47.7 Å². The lowest BCUT2D eigenvalue weighted by atomic mass is 9.92. The summed E-state index contributed by atoms with van der Waals surface area (Å²) in [4.78, 5) is 91.7. The van der Waals surface area contributed by atoms with Gasteiger partial charge in [0, 0.05) is 44.7 Å². The molecule has 2 aliphatic heterocycles. The number of carbonyl (C=O) groups excluding carboxylic acids is 7. The van der Waals surface area contributed by atoms with Crippen LogP contribution in [0, 0.1) is 17.8 Å². The number of Topliss-reactive ketones (excluding diaryl/α,β-unsaturated/α-hetero) is 2. The molecule has 5 amide bonds. The maximum atomic E-state index is 13.6. The first kappa shape index (κ1) is 33.9. The maximum absolute atomic E-state index is 13.6. The second-order valence-electron chi connectivity index (χ2n) is 12.1. The molecule has 0 aromatic carbocycles. The number of likely N-dealkylation sites (N-methyl/N-ethyl adjacent to an activating group) is 1. The highest BCUT2D eigenvalue weighted by Crippen LogP contribution is 2.25. The van der Waals surface area contributed by atoms with Gasteiger partial charge in [-0.3, -0.25) is 33.6 Å². The zero-order valence-corrected chi connectivity index (χ0v) is 25.2. The van der Waals surface area contributed by atoms with Gasteiger partial charge in [0.25, 0.3) is 0 Å². The first-order valence-electron chi connectivity index (χ1n) is 14.7. The molecule has 0 radical (unpaired) electrons. The monoisotopic (exact) mass is 577 g/mol. The lowest BCUT2D eigenvalue weighted by Gasteiger charge is -2.34. The molecule has 2 fully saturated rings. The Labute approximate surface area is 242 Å². The fraction of sp³-hybridized carbons (Fsp3) is 0.759. The molecule has 230 valence electrons. The lowest BCUT2D eigenvalue weighted by molar-refractivity contribution is -0.149. The number of nitrogens with two attached hydrogens (primary N) is 1. The Balaban J connectivity index is 2.11. The number of rotatable bonds is 15. The van der Waals surface area contributed by atoms with Gasteiger partial charge in [-0.05, 0) is 38.0 Å². The van der Waals surface area contributed by atoms with E-state index in [9.17, 15) is 33.6 Å². The van der Waals surface area contributed by atoms with Gasteiger partial charge >= 0.3 is 0 Å². The molecule has 0 aromatic heterocycles. The van der Waals surface area contributed by atoms with Crippen molar-refractivity contribution >= 4 is 41.1 Å². The highest BCUT2D eigenvalue weighted by molar-refractivity contribution is 5.97. The van der Waals surface area contributed by atoms with Crippen LogP contribution in [0.4, 0.5) is 0 Å². The number of ketones is 2. The van der Waals surface area contributed by atoms with Crippen LogP contribution in [0.3, 0.4) is 0 Å². The summed E-state index contributed by atoms with van der Waals surface area (Å²) in [6.07, 6.45) is 1.73. The van der Waals surface area contributed by atoms with Crippen molar-refractivity contribution in [1.29, 1.82) is 0 Å². The first-order chi connectivity index (χ1) is 19.1. The number of likely N-dealkylation sites (tertiary alicyclic amines) is 1. The van der Waals surface area contributed by atoms with E-state index in [0.717, 1.165) is 0 Å². The van der Waals surface area contributed by atoms with Crippen LogP contribution >= 0.6 is 0 Å². The van der Waals surface area contributed by atoms with Crippen molar-refractivity contribution in [1.82, 2.24) is 20.4 Å². The summed E-state index contributed by atoms with van der Waals surface area (Å²) >= 11 is 0. The van der Waals surface area contributed by atoms with Gasteiger partial charge in [0.1, 0.15) is 12.1 Å². The predicted octanol–water partition coefficient (Wildman–Crippen LogP) is 0.700. The van der Waals surface area contributed by atoms with Crippen molar-refractivity contribution in [3.8, 4) is 0 Å². The minimum atomic E-state index is -1.05. The molecule has 12 nitrogen and oxygen atoms in total. The van der Waals surface area contributed by atoms with E-state index in [1.807, 2.05) is 13.8 Å². The van der Waals surface area contributed by atoms with Crippen LogP contribution in [0.2, 0.25) is 0 Å². The zero-order chi connectivity index (χ0) is 31.0. The number of hydrogen-bond donors (Lipinski definition) is 3. The van der Waals surface area contributed by atoms with Crippen LogP contribution < -0.4 is 16.4 Å². The fourth-order valence-corrected chi connectivity index (χ4v) is 5.47. The quantitative estimate of drug-likeness (QED) is 0.257. The van der Waals surface area contributed by atoms with E-state index in [1.54, 1.807) is 27.8 Å². The molecule has 0 bridgehead atoms. The first-order valence-corrected chi connectivity index (χ1v) is 14.7. The molecular formula is C29H47N5O7. The molecular weight excluding hydrogens is 530 g/mol. The van der Waals surface area contributed by atoms with Crippen LogP contribution in [-0.2, 0) is 33.6 Å². The van der Waals surface area contributed by atoms with Crippen molar-refractivity contribution in [2.75, 3.05) is 13.6 Å². The summed E-state index contributed by atoms with van der Waals surface area (Å²) < 4.78 is 0. The Morgan fingerprint density at radius 1 is 1.07 bits per heavy atom. The number of nitrogens with one attached hydrogen (secondary N) is 2. The van der Waals surface area contributed by atoms with Gasteiger partial charge in [-0.15, -0.1) is 0 Å². The Kier molecular flexibility index (Phi) is 12.5. The molecule has 0 spiro atoms. The molecule has 12 heteroatoms. The van der Waals surface area contributed by atoms with Crippen LogP contribution in [0.25, 0.3) is 0 Å². The summed E-state index contributed by atoms with van der Waals surface area (Å²) in [6.45, 7) is 9.55. The van der Waals surface area contributed by atoms with Crippen LogP contribution in [0.1, 0.15) is 86.0 Å². The SMILES string of the molecule is CC(C)C[C@H](C(=O)C(C)C)N(C)C(=O)[C@@H]1CCCN1C(=O)[C@H](C)CC(=O)[C@H](CCC(N)=O)NC(=O)C1CCC(=O)N1. The molecule has 2 rings (SSSR count). The Morgan fingerprint density at radius 2 is 1.73 bits per heavy atom. The van der Waals surface area contributed by atoms with Gasteiger partial charge in [-0.25, -0.2) is 0 Å². The van der Waals surface area contributed by atoms with E-state index in [1.165, 1.54) is 9.80 Å². The summed E-state index contributed by atoms with van der Waals surface area (Å²) in [5.41, 5.74) is 5.26. The van der Waals surface area contributed by atoms with E-state index in [4.69, 9.17) is 5.73 Å². The molecule has 4 N–H and O–H groups in total. The van der Waals surface area contributed by atoms with Gasteiger partial charge < -0.3 is 26.2 Å². The van der Waals surface area contributed by atoms with Crippen molar-refractivity contribution in [2.24, 2.45) is 23.5 Å². The minimum Gasteiger partial charge on any atom is -0.370 e. The smallest absolute Gasteiger partial charge is 0.245 e. The van der Waals surface area contributed by atoms with E-state index in [2.05, 4.69) is 10.6 Å². The second kappa shape index (κ2) is 15.1. The lowest BCUT2D eigenvalue weighted by Crippen LogP contribution is -2.53. The van der Waals surface area contributed by atoms with Gasteiger partial charge in [-0.1, -0.05) is 34.6 Å². The maximum Gasteiger partial charge on any atom is 0.245 e. The molecule has 2 heterocycles. The molecule has 5 atom stereocenters. The number of carbonyl (C=O) groups is 7. The Morgan fingerprint density at radius 3 is 2.27 bits per heavy atom. The van der Waals surface area contributed by atoms with Gasteiger partial charge in [0.15, 0.2) is 11.6 Å². The van der Waals surface area contributed by atoms with Crippen molar-refractivity contribution < 1.29 is 33.6 Å². The van der Waals surface area contributed by atoms with Crippen LogP contribution in [-0.4, -0.2) is 88.7 Å². The number of hydrogen-bond acceptors (Lipinski definition) is 7. The third kappa shape index (κ3) is 9.36. The van der Waals surface area contributed by atoms with Crippen molar-refractivity contribution in [3.05, 3.63) is 0 Å². The van der Waals surface area contributed by atoms with E-state index in [0.29, 0.717) is 32.2 Å². The Bertz CT molecular complexity index is 1030.